The second-order valence-electron chi connectivity index (χ2n) is 3.85. The van der Waals surface area contributed by atoms with Gasteiger partial charge in [0.25, 0.3) is 0 Å². The van der Waals surface area contributed by atoms with Gasteiger partial charge in [0.2, 0.25) is 5.89 Å². The van der Waals surface area contributed by atoms with Gasteiger partial charge in [-0.25, -0.2) is 8.78 Å². The van der Waals surface area contributed by atoms with Crippen LogP contribution in [0.1, 0.15) is 36.0 Å². The zero-order valence-corrected chi connectivity index (χ0v) is 10.4. The van der Waals surface area contributed by atoms with Gasteiger partial charge in [-0.1, -0.05) is 18.1 Å². The van der Waals surface area contributed by atoms with E-state index in [2.05, 4.69) is 10.1 Å². The van der Waals surface area contributed by atoms with Crippen molar-refractivity contribution >= 4 is 11.6 Å². The number of halogens is 3. The van der Waals surface area contributed by atoms with Crippen LogP contribution in [0, 0.1) is 11.6 Å². The van der Waals surface area contributed by atoms with Crippen molar-refractivity contribution in [3.05, 3.63) is 47.1 Å². The van der Waals surface area contributed by atoms with Crippen molar-refractivity contribution in [1.29, 1.82) is 0 Å². The topological polar surface area (TPSA) is 38.9 Å². The summed E-state index contributed by atoms with van der Waals surface area (Å²) in [5.41, 5.74) is 0.562. The second-order valence-corrected chi connectivity index (χ2v) is 4.37. The summed E-state index contributed by atoms with van der Waals surface area (Å²) in [7, 11) is 0. The average molecular weight is 273 g/mol. The van der Waals surface area contributed by atoms with Gasteiger partial charge in [0.05, 0.1) is 11.8 Å². The van der Waals surface area contributed by atoms with Crippen LogP contribution in [0.15, 0.2) is 22.7 Å². The Morgan fingerprint density at radius 1 is 1.33 bits per heavy atom. The molecule has 0 bridgehead atoms. The summed E-state index contributed by atoms with van der Waals surface area (Å²) in [6.07, 6.45) is 0.934. The first-order valence-corrected chi connectivity index (χ1v) is 5.94. The molecule has 18 heavy (non-hydrogen) atoms. The van der Waals surface area contributed by atoms with Gasteiger partial charge >= 0.3 is 0 Å². The minimum absolute atomic E-state index is 0.248. The molecule has 3 nitrogen and oxygen atoms in total. The number of hydrogen-bond acceptors (Lipinski definition) is 3. The molecule has 0 fully saturated rings. The van der Waals surface area contributed by atoms with E-state index in [-0.39, 0.29) is 11.8 Å². The first-order chi connectivity index (χ1) is 8.60. The molecule has 1 heterocycles. The van der Waals surface area contributed by atoms with Gasteiger partial charge in [-0.15, -0.1) is 11.6 Å². The van der Waals surface area contributed by atoms with Crippen molar-refractivity contribution in [2.75, 3.05) is 0 Å². The fourth-order valence-electron chi connectivity index (χ4n) is 1.47. The zero-order valence-electron chi connectivity index (χ0n) is 9.66. The molecule has 2 aromatic rings. The van der Waals surface area contributed by atoms with Gasteiger partial charge in [-0.05, 0) is 24.1 Å². The SMILES string of the molecule is CCC(Cl)c1noc(Cc2ccc(F)c(F)c2)n1. The summed E-state index contributed by atoms with van der Waals surface area (Å²) >= 11 is 5.96. The minimum Gasteiger partial charge on any atom is -0.339 e. The van der Waals surface area contributed by atoms with E-state index in [1.165, 1.54) is 6.07 Å². The summed E-state index contributed by atoms with van der Waals surface area (Å²) in [5.74, 6) is -1.03. The van der Waals surface area contributed by atoms with Crippen molar-refractivity contribution < 1.29 is 13.3 Å². The zero-order chi connectivity index (χ0) is 13.1. The maximum absolute atomic E-state index is 13.0. The summed E-state index contributed by atoms with van der Waals surface area (Å²) in [4.78, 5) is 4.10. The third-order valence-electron chi connectivity index (χ3n) is 2.46. The standard InChI is InChI=1S/C12H11ClF2N2O/c1-2-8(13)12-16-11(18-17-12)6-7-3-4-9(14)10(15)5-7/h3-5,8H,2,6H2,1H3. The third-order valence-corrected chi connectivity index (χ3v) is 2.97. The molecule has 0 spiro atoms. The smallest absolute Gasteiger partial charge is 0.231 e. The van der Waals surface area contributed by atoms with Crippen LogP contribution >= 0.6 is 11.6 Å². The van der Waals surface area contributed by atoms with E-state index in [0.29, 0.717) is 23.7 Å². The highest BCUT2D eigenvalue weighted by Gasteiger charge is 2.14. The lowest BCUT2D eigenvalue weighted by Crippen LogP contribution is -1.94. The first-order valence-electron chi connectivity index (χ1n) is 5.50. The highest BCUT2D eigenvalue weighted by molar-refractivity contribution is 6.20. The molecule has 1 atom stereocenters. The van der Waals surface area contributed by atoms with E-state index in [0.717, 1.165) is 12.1 Å². The second kappa shape index (κ2) is 5.44. The highest BCUT2D eigenvalue weighted by atomic mass is 35.5. The Bertz CT molecular complexity index is 545. The Morgan fingerprint density at radius 2 is 2.11 bits per heavy atom. The van der Waals surface area contributed by atoms with E-state index in [1.54, 1.807) is 0 Å². The average Bonchev–Trinajstić information content (AvgIpc) is 2.81. The lowest BCUT2D eigenvalue weighted by Gasteiger charge is -1.98. The highest BCUT2D eigenvalue weighted by Crippen LogP contribution is 2.21. The molecule has 1 aromatic carbocycles. The molecule has 0 N–H and O–H groups in total. The Kier molecular flexibility index (Phi) is 3.91. The van der Waals surface area contributed by atoms with Gasteiger partial charge in [-0.3, -0.25) is 0 Å². The molecular formula is C12H11ClF2N2O. The minimum atomic E-state index is -0.893. The van der Waals surface area contributed by atoms with Gasteiger partial charge in [0, 0.05) is 0 Å². The van der Waals surface area contributed by atoms with Crippen LogP contribution in [0.3, 0.4) is 0 Å². The van der Waals surface area contributed by atoms with Crippen LogP contribution in [0.5, 0.6) is 0 Å². The van der Waals surface area contributed by atoms with Crippen molar-refractivity contribution in [3.8, 4) is 0 Å². The summed E-state index contributed by atoms with van der Waals surface area (Å²) in [6, 6.07) is 3.65. The molecular weight excluding hydrogens is 262 g/mol. The molecule has 0 aliphatic rings. The lowest BCUT2D eigenvalue weighted by atomic mass is 10.1. The van der Waals surface area contributed by atoms with Crippen LogP contribution in [0.25, 0.3) is 0 Å². The molecule has 6 heteroatoms. The monoisotopic (exact) mass is 272 g/mol. The summed E-state index contributed by atoms with van der Waals surface area (Å²) in [5, 5.41) is 3.44. The van der Waals surface area contributed by atoms with E-state index in [4.69, 9.17) is 16.1 Å². The van der Waals surface area contributed by atoms with Crippen molar-refractivity contribution in [2.45, 2.75) is 25.1 Å². The van der Waals surface area contributed by atoms with Gasteiger partial charge in [0.1, 0.15) is 0 Å². The molecule has 96 valence electrons. The number of benzene rings is 1. The Morgan fingerprint density at radius 3 is 2.78 bits per heavy atom. The summed E-state index contributed by atoms with van der Waals surface area (Å²) < 4.78 is 30.8. The van der Waals surface area contributed by atoms with E-state index in [1.807, 2.05) is 6.92 Å². The number of rotatable bonds is 4. The molecule has 0 saturated carbocycles. The predicted molar refractivity (Wildman–Crippen MR) is 62.3 cm³/mol. The Balaban J connectivity index is 2.13. The number of alkyl halides is 1. The van der Waals surface area contributed by atoms with Crippen LogP contribution in [0.4, 0.5) is 8.78 Å². The molecule has 2 rings (SSSR count). The fraction of sp³-hybridized carbons (Fsp3) is 0.333. The van der Waals surface area contributed by atoms with Crippen molar-refractivity contribution in [2.24, 2.45) is 0 Å². The fourth-order valence-corrected chi connectivity index (χ4v) is 1.56. The predicted octanol–water partition coefficient (Wildman–Crippen LogP) is 3.63. The maximum Gasteiger partial charge on any atom is 0.231 e. The van der Waals surface area contributed by atoms with Crippen LogP contribution < -0.4 is 0 Å². The quantitative estimate of drug-likeness (QED) is 0.798. The molecule has 0 saturated heterocycles. The van der Waals surface area contributed by atoms with Gasteiger partial charge in [-0.2, -0.15) is 4.98 Å². The van der Waals surface area contributed by atoms with Crippen LogP contribution in [0.2, 0.25) is 0 Å². The molecule has 0 aliphatic carbocycles. The van der Waals surface area contributed by atoms with E-state index >= 15 is 0 Å². The van der Waals surface area contributed by atoms with Crippen molar-refractivity contribution in [1.82, 2.24) is 10.1 Å². The Labute approximate surface area is 108 Å². The molecule has 0 radical (unpaired) electrons. The van der Waals surface area contributed by atoms with E-state index < -0.39 is 11.6 Å². The number of hydrogen-bond donors (Lipinski definition) is 0. The van der Waals surface area contributed by atoms with E-state index in [9.17, 15) is 8.78 Å². The van der Waals surface area contributed by atoms with Crippen LogP contribution in [-0.4, -0.2) is 10.1 Å². The normalized spacial score (nSPS) is 12.7. The van der Waals surface area contributed by atoms with Gasteiger partial charge in [0.15, 0.2) is 17.5 Å². The number of nitrogens with zero attached hydrogens (tertiary/aromatic N) is 2. The molecule has 1 aromatic heterocycles. The Hall–Kier alpha value is -1.49. The number of aromatic nitrogens is 2. The first kappa shape index (κ1) is 13.0. The molecule has 0 amide bonds. The van der Waals surface area contributed by atoms with Crippen LogP contribution in [-0.2, 0) is 6.42 Å². The van der Waals surface area contributed by atoms with Crippen molar-refractivity contribution in [3.63, 3.8) is 0 Å². The molecule has 1 unspecified atom stereocenters. The maximum atomic E-state index is 13.0. The third kappa shape index (κ3) is 2.85. The lowest BCUT2D eigenvalue weighted by molar-refractivity contribution is 0.378. The molecule has 0 aliphatic heterocycles. The largest absolute Gasteiger partial charge is 0.339 e. The van der Waals surface area contributed by atoms with Gasteiger partial charge < -0.3 is 4.52 Å². The summed E-state index contributed by atoms with van der Waals surface area (Å²) in [6.45, 7) is 1.91.